The predicted octanol–water partition coefficient (Wildman–Crippen LogP) is 2.08. The number of hydrogen-bond donors (Lipinski definition) is 0. The summed E-state index contributed by atoms with van der Waals surface area (Å²) < 4.78 is 6.39. The van der Waals surface area contributed by atoms with Gasteiger partial charge in [-0.3, -0.25) is 9.48 Å². The van der Waals surface area contributed by atoms with E-state index in [9.17, 15) is 4.79 Å². The topological polar surface area (TPSA) is 60.7 Å². The Morgan fingerprint density at radius 2 is 2.12 bits per heavy atom. The number of rotatable bonds is 3. The van der Waals surface area contributed by atoms with Gasteiger partial charge in [-0.1, -0.05) is 4.49 Å². The Kier molecular flexibility index (Phi) is 3.39. The van der Waals surface area contributed by atoms with Gasteiger partial charge in [0.2, 0.25) is 0 Å². The molecule has 0 N–H and O–H groups in total. The summed E-state index contributed by atoms with van der Waals surface area (Å²) in [6.07, 6.45) is 0.308. The van der Waals surface area contributed by atoms with Crippen molar-refractivity contribution < 1.29 is 4.79 Å². The summed E-state index contributed by atoms with van der Waals surface area (Å²) in [4.78, 5) is 12.7. The first kappa shape index (κ1) is 12.4. The molecule has 0 fully saturated rings. The van der Waals surface area contributed by atoms with Gasteiger partial charge in [0.25, 0.3) is 0 Å². The van der Waals surface area contributed by atoms with Crippen LogP contribution >= 0.6 is 27.5 Å². The molecule has 0 saturated carbocycles. The number of carbonyl (C=O) groups is 1. The van der Waals surface area contributed by atoms with Crippen LogP contribution in [-0.4, -0.2) is 25.2 Å². The van der Waals surface area contributed by atoms with Crippen molar-refractivity contribution in [1.29, 1.82) is 0 Å². The zero-order valence-electron chi connectivity index (χ0n) is 9.69. The first-order valence-electron chi connectivity index (χ1n) is 5.00. The largest absolute Gasteiger partial charge is 0.293 e. The smallest absolute Gasteiger partial charge is 0.182 e. The highest BCUT2D eigenvalue weighted by Gasteiger charge is 2.18. The lowest BCUT2D eigenvalue weighted by atomic mass is 10.1. The van der Waals surface area contributed by atoms with Crippen LogP contribution in [0.3, 0.4) is 0 Å². The molecule has 0 aliphatic heterocycles. The second-order valence-electron chi connectivity index (χ2n) is 3.76. The number of aromatic nitrogens is 4. The van der Waals surface area contributed by atoms with Crippen LogP contribution in [0.1, 0.15) is 26.8 Å². The van der Waals surface area contributed by atoms with Crippen LogP contribution in [0.25, 0.3) is 0 Å². The Hall–Kier alpha value is -1.08. The third-order valence-electron chi connectivity index (χ3n) is 2.49. The third kappa shape index (κ3) is 2.30. The summed E-state index contributed by atoms with van der Waals surface area (Å²) in [6, 6.07) is 0. The summed E-state index contributed by atoms with van der Waals surface area (Å²) >= 11 is 4.59. The molecule has 2 aromatic rings. The van der Waals surface area contributed by atoms with Crippen molar-refractivity contribution in [2.24, 2.45) is 7.05 Å². The summed E-state index contributed by atoms with van der Waals surface area (Å²) in [5, 5.41) is 8.10. The number of hydrogen-bond acceptors (Lipinski definition) is 5. The summed E-state index contributed by atoms with van der Waals surface area (Å²) in [5.74, 6) is 0.0289. The third-order valence-corrected chi connectivity index (χ3v) is 4.39. The maximum Gasteiger partial charge on any atom is 0.182 e. The van der Waals surface area contributed by atoms with Gasteiger partial charge >= 0.3 is 0 Å². The van der Waals surface area contributed by atoms with E-state index in [1.54, 1.807) is 11.6 Å². The molecule has 0 radical (unpaired) electrons. The summed E-state index contributed by atoms with van der Waals surface area (Å²) in [7, 11) is 1.83. The molecule has 2 aromatic heterocycles. The lowest BCUT2D eigenvalue weighted by molar-refractivity contribution is 0.0993. The van der Waals surface area contributed by atoms with Crippen molar-refractivity contribution in [2.45, 2.75) is 20.3 Å². The maximum atomic E-state index is 12.1. The van der Waals surface area contributed by atoms with Crippen molar-refractivity contribution in [1.82, 2.24) is 19.4 Å². The van der Waals surface area contributed by atoms with Crippen LogP contribution in [-0.2, 0) is 13.5 Å². The van der Waals surface area contributed by atoms with Gasteiger partial charge in [0.15, 0.2) is 5.78 Å². The Labute approximate surface area is 111 Å². The van der Waals surface area contributed by atoms with E-state index in [1.807, 2.05) is 14.0 Å². The fraction of sp³-hybridized carbons (Fsp3) is 0.400. The molecular formula is C10H11BrN4OS. The second kappa shape index (κ2) is 4.66. The zero-order chi connectivity index (χ0) is 12.6. The highest BCUT2D eigenvalue weighted by molar-refractivity contribution is 9.10. The summed E-state index contributed by atoms with van der Waals surface area (Å²) in [5.41, 5.74) is 2.45. The molecule has 0 amide bonds. The van der Waals surface area contributed by atoms with Gasteiger partial charge in [-0.2, -0.15) is 5.10 Å². The van der Waals surface area contributed by atoms with E-state index < -0.39 is 0 Å². The molecule has 0 spiro atoms. The molecular weight excluding hydrogens is 304 g/mol. The SMILES string of the molecule is Cc1nnsc1C(=O)Cc1c(Br)c(C)nn1C. The van der Waals surface area contributed by atoms with E-state index in [-0.39, 0.29) is 5.78 Å². The van der Waals surface area contributed by atoms with Gasteiger partial charge in [-0.25, -0.2) is 0 Å². The minimum absolute atomic E-state index is 0.0289. The van der Waals surface area contributed by atoms with Gasteiger partial charge < -0.3 is 0 Å². The molecule has 17 heavy (non-hydrogen) atoms. The van der Waals surface area contributed by atoms with Crippen molar-refractivity contribution in [3.8, 4) is 0 Å². The van der Waals surface area contributed by atoms with Crippen LogP contribution < -0.4 is 0 Å². The van der Waals surface area contributed by atoms with E-state index in [0.717, 1.165) is 27.4 Å². The Morgan fingerprint density at radius 3 is 2.59 bits per heavy atom. The van der Waals surface area contributed by atoms with Crippen LogP contribution in [0.2, 0.25) is 0 Å². The monoisotopic (exact) mass is 314 g/mol. The number of halogens is 1. The van der Waals surface area contributed by atoms with Crippen molar-refractivity contribution in [3.63, 3.8) is 0 Å². The molecule has 0 atom stereocenters. The number of aryl methyl sites for hydroxylation is 3. The number of carbonyl (C=O) groups excluding carboxylic acids is 1. The van der Waals surface area contributed by atoms with Gasteiger partial charge in [0.1, 0.15) is 4.88 Å². The molecule has 90 valence electrons. The summed E-state index contributed by atoms with van der Waals surface area (Å²) in [6.45, 7) is 3.69. The number of ketones is 1. The van der Waals surface area contributed by atoms with E-state index in [1.165, 1.54) is 0 Å². The number of nitrogens with zero attached hydrogens (tertiary/aromatic N) is 4. The van der Waals surface area contributed by atoms with Gasteiger partial charge in [0, 0.05) is 7.05 Å². The first-order chi connectivity index (χ1) is 8.00. The van der Waals surface area contributed by atoms with Crippen LogP contribution in [0, 0.1) is 13.8 Å². The zero-order valence-corrected chi connectivity index (χ0v) is 12.1. The van der Waals surface area contributed by atoms with Crippen molar-refractivity contribution in [2.75, 3.05) is 0 Å². The minimum atomic E-state index is 0.0289. The van der Waals surface area contributed by atoms with Crippen molar-refractivity contribution >= 4 is 33.2 Å². The second-order valence-corrected chi connectivity index (χ2v) is 5.30. The normalized spacial score (nSPS) is 10.8. The Balaban J connectivity index is 2.28. The Morgan fingerprint density at radius 1 is 1.41 bits per heavy atom. The average Bonchev–Trinajstić information content (AvgIpc) is 2.78. The molecule has 2 heterocycles. The molecule has 0 saturated heterocycles. The molecule has 0 aliphatic carbocycles. The molecule has 0 unspecified atom stereocenters. The quantitative estimate of drug-likeness (QED) is 0.814. The lowest BCUT2D eigenvalue weighted by Crippen LogP contribution is -2.08. The van der Waals surface area contributed by atoms with Crippen LogP contribution in [0.15, 0.2) is 4.47 Å². The molecule has 7 heteroatoms. The standard InChI is InChI=1S/C10H11BrN4OS/c1-5-9(11)7(15(3)13-5)4-8(16)10-6(2)12-14-17-10/h4H2,1-3H3. The highest BCUT2D eigenvalue weighted by atomic mass is 79.9. The predicted molar refractivity (Wildman–Crippen MR) is 68.3 cm³/mol. The highest BCUT2D eigenvalue weighted by Crippen LogP contribution is 2.22. The van der Waals surface area contributed by atoms with Crippen LogP contribution in [0.5, 0.6) is 0 Å². The fourth-order valence-electron chi connectivity index (χ4n) is 1.59. The molecule has 0 aromatic carbocycles. The van der Waals surface area contributed by atoms with Crippen molar-refractivity contribution in [3.05, 3.63) is 26.4 Å². The van der Waals surface area contributed by atoms with Gasteiger partial charge in [-0.05, 0) is 41.3 Å². The minimum Gasteiger partial charge on any atom is -0.293 e. The van der Waals surface area contributed by atoms with E-state index >= 15 is 0 Å². The first-order valence-corrected chi connectivity index (χ1v) is 6.57. The fourth-order valence-corrected chi connectivity index (χ4v) is 2.66. The number of Topliss-reactive ketones (excluding diaryl/α,β-unsaturated/α-hetero) is 1. The molecule has 2 rings (SSSR count). The van der Waals surface area contributed by atoms with E-state index in [2.05, 4.69) is 30.6 Å². The van der Waals surface area contributed by atoms with Gasteiger partial charge in [0.05, 0.1) is 28.0 Å². The van der Waals surface area contributed by atoms with E-state index in [0.29, 0.717) is 17.0 Å². The van der Waals surface area contributed by atoms with E-state index in [4.69, 9.17) is 0 Å². The van der Waals surface area contributed by atoms with Gasteiger partial charge in [-0.15, -0.1) is 5.10 Å². The molecule has 0 aliphatic rings. The average molecular weight is 315 g/mol. The Bertz CT molecular complexity index is 575. The lowest BCUT2D eigenvalue weighted by Gasteiger charge is -2.01. The maximum absolute atomic E-state index is 12.1. The molecule has 0 bridgehead atoms. The molecule has 5 nitrogen and oxygen atoms in total. The van der Waals surface area contributed by atoms with Crippen LogP contribution in [0.4, 0.5) is 0 Å².